The summed E-state index contributed by atoms with van der Waals surface area (Å²) in [4.78, 5) is 20.4. The summed E-state index contributed by atoms with van der Waals surface area (Å²) < 4.78 is 4.81. The normalized spacial score (nSPS) is 15.4. The summed E-state index contributed by atoms with van der Waals surface area (Å²) in [6.45, 7) is 0.538. The van der Waals surface area contributed by atoms with Crippen molar-refractivity contribution in [1.82, 2.24) is 15.3 Å². The highest BCUT2D eigenvalue weighted by Crippen LogP contribution is 2.36. The number of nitrogens with zero attached hydrogens (tertiary/aromatic N) is 2. The maximum absolute atomic E-state index is 11.7. The molecule has 1 N–H and O–H groups in total. The first-order chi connectivity index (χ1) is 10.6. The van der Waals surface area contributed by atoms with Crippen molar-refractivity contribution < 1.29 is 9.53 Å². The van der Waals surface area contributed by atoms with Gasteiger partial charge < -0.3 is 4.74 Å². The average Bonchev–Trinajstić information content (AvgIpc) is 3.35. The summed E-state index contributed by atoms with van der Waals surface area (Å²) in [7, 11) is 1.41. The molecule has 0 aliphatic heterocycles. The molecule has 0 spiro atoms. The standard InChI is InChI=1S/C16H16ClN3O2/c1-22-15(21)16(6-7-16)20-10-11-8-18-14(19-9-11)12-2-4-13(17)5-3-12/h2-5,8-9,20H,6-7,10H2,1H3. The maximum atomic E-state index is 11.7. The van der Waals surface area contributed by atoms with E-state index in [1.165, 1.54) is 7.11 Å². The summed E-state index contributed by atoms with van der Waals surface area (Å²) >= 11 is 5.86. The maximum Gasteiger partial charge on any atom is 0.326 e. The molecule has 22 heavy (non-hydrogen) atoms. The molecular weight excluding hydrogens is 302 g/mol. The lowest BCUT2D eigenvalue weighted by atomic mass is 10.2. The Balaban J connectivity index is 1.65. The van der Waals surface area contributed by atoms with Gasteiger partial charge in [0.05, 0.1) is 7.11 Å². The lowest BCUT2D eigenvalue weighted by Gasteiger charge is -2.14. The number of rotatable bonds is 5. The predicted octanol–water partition coefficient (Wildman–Crippen LogP) is 2.59. The van der Waals surface area contributed by atoms with E-state index < -0.39 is 5.54 Å². The average molecular weight is 318 g/mol. The van der Waals surface area contributed by atoms with Gasteiger partial charge in [-0.1, -0.05) is 11.6 Å². The molecule has 1 saturated carbocycles. The predicted molar refractivity (Wildman–Crippen MR) is 83.3 cm³/mol. The molecule has 2 aromatic rings. The smallest absolute Gasteiger partial charge is 0.326 e. The van der Waals surface area contributed by atoms with Crippen LogP contribution in [-0.2, 0) is 16.1 Å². The van der Waals surface area contributed by atoms with Gasteiger partial charge in [0.25, 0.3) is 0 Å². The highest BCUT2D eigenvalue weighted by molar-refractivity contribution is 6.30. The van der Waals surface area contributed by atoms with Crippen molar-refractivity contribution in [3.05, 3.63) is 47.2 Å². The van der Waals surface area contributed by atoms with Crippen LogP contribution in [0.5, 0.6) is 0 Å². The number of benzene rings is 1. The van der Waals surface area contributed by atoms with Gasteiger partial charge in [0, 0.05) is 35.1 Å². The van der Waals surface area contributed by atoms with E-state index in [-0.39, 0.29) is 5.97 Å². The van der Waals surface area contributed by atoms with Crippen molar-refractivity contribution in [2.24, 2.45) is 0 Å². The number of nitrogens with one attached hydrogen (secondary N) is 1. The molecule has 5 nitrogen and oxygen atoms in total. The lowest BCUT2D eigenvalue weighted by Crippen LogP contribution is -2.39. The Hall–Kier alpha value is -1.98. The van der Waals surface area contributed by atoms with Crippen LogP contribution in [0, 0.1) is 0 Å². The number of methoxy groups -OCH3 is 1. The molecule has 0 radical (unpaired) electrons. The van der Waals surface area contributed by atoms with Gasteiger partial charge in [0.15, 0.2) is 5.82 Å². The Morgan fingerprint density at radius 1 is 1.27 bits per heavy atom. The van der Waals surface area contributed by atoms with Crippen LogP contribution in [0.1, 0.15) is 18.4 Å². The SMILES string of the molecule is COC(=O)C1(NCc2cnc(-c3ccc(Cl)cc3)nc2)CC1. The Kier molecular flexibility index (Phi) is 4.09. The molecule has 0 unspecified atom stereocenters. The summed E-state index contributed by atoms with van der Waals surface area (Å²) in [6.07, 6.45) is 5.14. The highest BCUT2D eigenvalue weighted by atomic mass is 35.5. The number of carbonyl (C=O) groups is 1. The molecule has 3 rings (SSSR count). The minimum absolute atomic E-state index is 0.203. The van der Waals surface area contributed by atoms with Crippen LogP contribution < -0.4 is 5.32 Å². The molecule has 0 atom stereocenters. The monoisotopic (exact) mass is 317 g/mol. The Morgan fingerprint density at radius 3 is 2.45 bits per heavy atom. The van der Waals surface area contributed by atoms with Crippen molar-refractivity contribution in [1.29, 1.82) is 0 Å². The molecule has 1 aliphatic rings. The number of hydrogen-bond donors (Lipinski definition) is 1. The fourth-order valence-electron chi connectivity index (χ4n) is 2.24. The third kappa shape index (κ3) is 3.10. The first kappa shape index (κ1) is 14.9. The van der Waals surface area contributed by atoms with Gasteiger partial charge in [0.2, 0.25) is 0 Å². The molecule has 1 aromatic carbocycles. The molecular formula is C16H16ClN3O2. The van der Waals surface area contributed by atoms with Gasteiger partial charge in [-0.15, -0.1) is 0 Å². The fourth-order valence-corrected chi connectivity index (χ4v) is 2.36. The number of halogens is 1. The van der Waals surface area contributed by atoms with E-state index in [0.29, 0.717) is 17.4 Å². The minimum atomic E-state index is -0.510. The molecule has 0 amide bonds. The number of hydrogen-bond acceptors (Lipinski definition) is 5. The van der Waals surface area contributed by atoms with Gasteiger partial charge >= 0.3 is 5.97 Å². The second kappa shape index (κ2) is 6.02. The highest BCUT2D eigenvalue weighted by Gasteiger charge is 2.50. The molecule has 1 aromatic heterocycles. The van der Waals surface area contributed by atoms with Gasteiger partial charge in [-0.25, -0.2) is 9.97 Å². The van der Waals surface area contributed by atoms with Gasteiger partial charge in [-0.05, 0) is 37.1 Å². The van der Waals surface area contributed by atoms with Crippen molar-refractivity contribution in [3.8, 4) is 11.4 Å². The number of esters is 1. The summed E-state index contributed by atoms with van der Waals surface area (Å²) in [5.74, 6) is 0.445. The van der Waals surface area contributed by atoms with E-state index in [1.54, 1.807) is 12.4 Å². The van der Waals surface area contributed by atoms with Gasteiger partial charge in [-0.3, -0.25) is 10.1 Å². The quantitative estimate of drug-likeness (QED) is 0.859. The van der Waals surface area contributed by atoms with Crippen molar-refractivity contribution in [2.45, 2.75) is 24.9 Å². The number of aromatic nitrogens is 2. The van der Waals surface area contributed by atoms with E-state index in [0.717, 1.165) is 24.0 Å². The second-order valence-corrected chi connectivity index (χ2v) is 5.79. The Bertz CT molecular complexity index is 667. The van der Waals surface area contributed by atoms with Crippen molar-refractivity contribution >= 4 is 17.6 Å². The van der Waals surface area contributed by atoms with Crippen LogP contribution in [0.3, 0.4) is 0 Å². The first-order valence-electron chi connectivity index (χ1n) is 7.03. The van der Waals surface area contributed by atoms with E-state index in [2.05, 4.69) is 15.3 Å². The Morgan fingerprint density at radius 2 is 1.91 bits per heavy atom. The minimum Gasteiger partial charge on any atom is -0.468 e. The van der Waals surface area contributed by atoms with E-state index >= 15 is 0 Å². The molecule has 1 heterocycles. The molecule has 0 bridgehead atoms. The summed E-state index contributed by atoms with van der Waals surface area (Å²) in [5.41, 5.74) is 1.33. The molecule has 0 saturated heterocycles. The number of ether oxygens (including phenoxy) is 1. The first-order valence-corrected chi connectivity index (χ1v) is 7.41. The lowest BCUT2D eigenvalue weighted by molar-refractivity contribution is -0.144. The fraction of sp³-hybridized carbons (Fsp3) is 0.312. The van der Waals surface area contributed by atoms with Crippen molar-refractivity contribution in [2.75, 3.05) is 7.11 Å². The molecule has 1 aliphatic carbocycles. The largest absolute Gasteiger partial charge is 0.468 e. The van der Waals surface area contributed by atoms with Crippen LogP contribution in [0.25, 0.3) is 11.4 Å². The summed E-state index contributed by atoms with van der Waals surface area (Å²) in [6, 6.07) is 7.38. The van der Waals surface area contributed by atoms with Crippen LogP contribution in [0.15, 0.2) is 36.7 Å². The third-order valence-electron chi connectivity index (χ3n) is 3.76. The van der Waals surface area contributed by atoms with Crippen molar-refractivity contribution in [3.63, 3.8) is 0 Å². The summed E-state index contributed by atoms with van der Waals surface area (Å²) in [5, 5.41) is 3.91. The van der Waals surface area contributed by atoms with Gasteiger partial charge in [-0.2, -0.15) is 0 Å². The molecule has 114 valence electrons. The number of carbonyl (C=O) groups excluding carboxylic acids is 1. The third-order valence-corrected chi connectivity index (χ3v) is 4.02. The molecule has 1 fully saturated rings. The zero-order valence-electron chi connectivity index (χ0n) is 12.2. The Labute approximate surface area is 133 Å². The van der Waals surface area contributed by atoms with E-state index in [4.69, 9.17) is 16.3 Å². The topological polar surface area (TPSA) is 64.1 Å². The van der Waals surface area contributed by atoms with Crippen LogP contribution in [0.4, 0.5) is 0 Å². The van der Waals surface area contributed by atoms with Gasteiger partial charge in [0.1, 0.15) is 5.54 Å². The van der Waals surface area contributed by atoms with E-state index in [9.17, 15) is 4.79 Å². The van der Waals surface area contributed by atoms with Crippen LogP contribution in [-0.4, -0.2) is 28.6 Å². The zero-order chi connectivity index (χ0) is 15.6. The second-order valence-electron chi connectivity index (χ2n) is 5.35. The van der Waals surface area contributed by atoms with Crippen LogP contribution >= 0.6 is 11.6 Å². The molecule has 6 heteroatoms. The van der Waals surface area contributed by atoms with Crippen LogP contribution in [0.2, 0.25) is 5.02 Å². The van der Waals surface area contributed by atoms with E-state index in [1.807, 2.05) is 24.3 Å². The zero-order valence-corrected chi connectivity index (χ0v) is 12.9.